The van der Waals surface area contributed by atoms with Crippen molar-refractivity contribution in [1.82, 2.24) is 0 Å². The Labute approximate surface area is 91.9 Å². The molecule has 0 saturated carbocycles. The van der Waals surface area contributed by atoms with E-state index in [1.165, 1.54) is 0 Å². The van der Waals surface area contributed by atoms with Crippen LogP contribution < -0.4 is 0 Å². The van der Waals surface area contributed by atoms with E-state index in [4.69, 9.17) is 14.9 Å². The van der Waals surface area contributed by atoms with Crippen LogP contribution in [0.2, 0.25) is 0 Å². The molecule has 0 aliphatic heterocycles. The monoisotopic (exact) mass is 238 g/mol. The lowest BCUT2D eigenvalue weighted by molar-refractivity contribution is 0.282. The average molecular weight is 238 g/mol. The van der Waals surface area contributed by atoms with Gasteiger partial charge < -0.3 is 14.9 Å². The van der Waals surface area contributed by atoms with E-state index in [1.807, 2.05) is 0 Å². The first kappa shape index (κ1) is 15.1. The highest BCUT2D eigenvalue weighted by Crippen LogP contribution is 2.35. The molecule has 4 nitrogen and oxygen atoms in total. The van der Waals surface area contributed by atoms with E-state index in [0.29, 0.717) is 6.42 Å². The third kappa shape index (κ3) is 14.1. The maximum atomic E-state index is 10.5. The Morgan fingerprint density at radius 2 is 1.13 bits per heavy atom. The van der Waals surface area contributed by atoms with Gasteiger partial charge in [0.1, 0.15) is 0 Å². The number of aliphatic hydroxyl groups excluding tert-OH is 1. The molecule has 0 heterocycles. The van der Waals surface area contributed by atoms with Gasteiger partial charge in [0, 0.05) is 12.8 Å². The molecule has 0 fully saturated rings. The minimum Gasteiger partial charge on any atom is -0.396 e. The zero-order chi connectivity index (χ0) is 11.6. The fourth-order valence-corrected chi connectivity index (χ4v) is 2.13. The van der Waals surface area contributed by atoms with Gasteiger partial charge in [0.2, 0.25) is 0 Å². The lowest BCUT2D eigenvalue weighted by Crippen LogP contribution is -1.88. The molecule has 0 aromatic carbocycles. The van der Waals surface area contributed by atoms with Crippen LogP contribution in [0.5, 0.6) is 0 Å². The van der Waals surface area contributed by atoms with E-state index in [-0.39, 0.29) is 12.8 Å². The van der Waals surface area contributed by atoms with Gasteiger partial charge in [-0.3, -0.25) is 4.57 Å². The lowest BCUT2D eigenvalue weighted by atomic mass is 10.1. The van der Waals surface area contributed by atoms with Gasteiger partial charge in [-0.05, 0) is 12.8 Å². The van der Waals surface area contributed by atoms with Gasteiger partial charge in [-0.25, -0.2) is 0 Å². The van der Waals surface area contributed by atoms with Crippen molar-refractivity contribution in [2.45, 2.75) is 51.4 Å². The minimum absolute atomic E-state index is 0.0253. The molecule has 0 aromatic rings. The Kier molecular flexibility index (Phi) is 9.41. The zero-order valence-electron chi connectivity index (χ0n) is 9.27. The van der Waals surface area contributed by atoms with Gasteiger partial charge >= 0.3 is 7.60 Å². The summed E-state index contributed by atoms with van der Waals surface area (Å²) in [6, 6.07) is 0. The van der Waals surface area contributed by atoms with Gasteiger partial charge in [-0.1, -0.05) is 38.5 Å². The molecule has 15 heavy (non-hydrogen) atoms. The first-order valence-corrected chi connectivity index (χ1v) is 7.51. The molecule has 0 amide bonds. The van der Waals surface area contributed by atoms with Crippen molar-refractivity contribution in [1.29, 1.82) is 0 Å². The molecule has 3 N–H and O–H groups in total. The van der Waals surface area contributed by atoms with Gasteiger partial charge in [0.25, 0.3) is 0 Å². The molecule has 0 bridgehead atoms. The topological polar surface area (TPSA) is 77.8 Å². The molecule has 0 aliphatic rings. The highest BCUT2D eigenvalue weighted by atomic mass is 31.2. The van der Waals surface area contributed by atoms with Crippen molar-refractivity contribution < 1.29 is 19.5 Å². The van der Waals surface area contributed by atoms with Crippen LogP contribution in [0.4, 0.5) is 0 Å². The molecule has 0 atom stereocenters. The first-order valence-electron chi connectivity index (χ1n) is 5.72. The second-order valence-electron chi connectivity index (χ2n) is 3.94. The Morgan fingerprint density at radius 3 is 1.53 bits per heavy atom. The summed E-state index contributed by atoms with van der Waals surface area (Å²) in [5.74, 6) is 0. The standard InChI is InChI=1S/C10H23O4P/c11-9-7-5-3-1-2-4-6-8-10-15(12,13)14/h11H,1-10H2,(H2,12,13,14). The van der Waals surface area contributed by atoms with E-state index in [0.717, 1.165) is 44.9 Å². The molecule has 0 radical (unpaired) electrons. The van der Waals surface area contributed by atoms with Crippen LogP contribution in [-0.4, -0.2) is 27.7 Å². The van der Waals surface area contributed by atoms with Gasteiger partial charge in [-0.15, -0.1) is 0 Å². The average Bonchev–Trinajstić information content (AvgIpc) is 2.14. The van der Waals surface area contributed by atoms with Crippen molar-refractivity contribution in [2.24, 2.45) is 0 Å². The van der Waals surface area contributed by atoms with Crippen LogP contribution >= 0.6 is 7.60 Å². The molecule has 92 valence electrons. The Balaban J connectivity index is 3.02. The summed E-state index contributed by atoms with van der Waals surface area (Å²) in [4.78, 5) is 17.2. The maximum Gasteiger partial charge on any atom is 0.325 e. The fraction of sp³-hybridized carbons (Fsp3) is 1.00. The quantitative estimate of drug-likeness (QED) is 0.403. The van der Waals surface area contributed by atoms with Crippen LogP contribution in [0.25, 0.3) is 0 Å². The smallest absolute Gasteiger partial charge is 0.325 e. The molecule has 0 aliphatic carbocycles. The number of aliphatic hydroxyl groups is 1. The summed E-state index contributed by atoms with van der Waals surface area (Å²) in [5, 5.41) is 8.54. The number of hydrogen-bond acceptors (Lipinski definition) is 2. The van der Waals surface area contributed by atoms with Crippen molar-refractivity contribution >= 4 is 7.60 Å². The van der Waals surface area contributed by atoms with Crippen LogP contribution in [0.3, 0.4) is 0 Å². The normalized spacial score (nSPS) is 11.9. The van der Waals surface area contributed by atoms with Gasteiger partial charge in [0.05, 0.1) is 0 Å². The Morgan fingerprint density at radius 1 is 0.733 bits per heavy atom. The minimum atomic E-state index is -3.76. The van der Waals surface area contributed by atoms with Crippen LogP contribution in [0.15, 0.2) is 0 Å². The molecule has 0 unspecified atom stereocenters. The maximum absolute atomic E-state index is 10.5. The molecule has 0 spiro atoms. The van der Waals surface area contributed by atoms with E-state index < -0.39 is 7.60 Å². The number of rotatable bonds is 10. The van der Waals surface area contributed by atoms with Crippen LogP contribution in [0, 0.1) is 0 Å². The van der Waals surface area contributed by atoms with Crippen LogP contribution in [0.1, 0.15) is 51.4 Å². The zero-order valence-corrected chi connectivity index (χ0v) is 10.2. The molecule has 0 rings (SSSR count). The second-order valence-corrected chi connectivity index (χ2v) is 5.72. The van der Waals surface area contributed by atoms with Crippen molar-refractivity contribution in [3.05, 3.63) is 0 Å². The Bertz CT molecular complexity index is 178. The summed E-state index contributed by atoms with van der Waals surface area (Å²) in [7, 11) is -3.76. The summed E-state index contributed by atoms with van der Waals surface area (Å²) >= 11 is 0. The molecule has 0 aromatic heterocycles. The molecular weight excluding hydrogens is 215 g/mol. The largest absolute Gasteiger partial charge is 0.396 e. The highest BCUT2D eigenvalue weighted by Gasteiger charge is 2.10. The molecule has 5 heteroatoms. The lowest BCUT2D eigenvalue weighted by Gasteiger charge is -2.03. The summed E-state index contributed by atoms with van der Waals surface area (Å²) < 4.78 is 10.5. The van der Waals surface area contributed by atoms with E-state index >= 15 is 0 Å². The van der Waals surface area contributed by atoms with Gasteiger partial charge in [0.15, 0.2) is 0 Å². The molecule has 0 saturated heterocycles. The van der Waals surface area contributed by atoms with Gasteiger partial charge in [-0.2, -0.15) is 0 Å². The fourth-order valence-electron chi connectivity index (χ4n) is 1.49. The van der Waals surface area contributed by atoms with E-state index in [9.17, 15) is 4.57 Å². The summed E-state index contributed by atoms with van der Waals surface area (Å²) in [5.41, 5.74) is 0. The Hall–Kier alpha value is 0.110. The van der Waals surface area contributed by atoms with E-state index in [1.54, 1.807) is 0 Å². The number of unbranched alkanes of at least 4 members (excludes halogenated alkanes) is 7. The summed E-state index contributed by atoms with van der Waals surface area (Å²) in [6.45, 7) is 0.280. The van der Waals surface area contributed by atoms with E-state index in [2.05, 4.69) is 0 Å². The predicted molar refractivity (Wildman–Crippen MR) is 60.9 cm³/mol. The number of hydrogen-bond donors (Lipinski definition) is 3. The highest BCUT2D eigenvalue weighted by molar-refractivity contribution is 7.51. The third-order valence-corrected chi connectivity index (χ3v) is 3.26. The van der Waals surface area contributed by atoms with Crippen molar-refractivity contribution in [2.75, 3.05) is 12.8 Å². The van der Waals surface area contributed by atoms with Crippen molar-refractivity contribution in [3.8, 4) is 0 Å². The third-order valence-electron chi connectivity index (χ3n) is 2.36. The molecular formula is C10H23O4P. The first-order chi connectivity index (χ1) is 7.06. The second kappa shape index (κ2) is 9.34. The SMILES string of the molecule is O=P(O)(O)CCCCCCCCCCO. The van der Waals surface area contributed by atoms with Crippen LogP contribution in [-0.2, 0) is 4.57 Å². The summed E-state index contributed by atoms with van der Waals surface area (Å²) in [6.07, 6.45) is 8.03. The predicted octanol–water partition coefficient (Wildman–Crippen LogP) is 2.28. The van der Waals surface area contributed by atoms with Crippen molar-refractivity contribution in [3.63, 3.8) is 0 Å².